The van der Waals surface area contributed by atoms with Gasteiger partial charge in [-0.2, -0.15) is 0 Å². The summed E-state index contributed by atoms with van der Waals surface area (Å²) in [5, 5.41) is 0. The molecule has 31 heavy (non-hydrogen) atoms. The summed E-state index contributed by atoms with van der Waals surface area (Å²) in [6.45, 7) is 2.17. The van der Waals surface area contributed by atoms with Crippen molar-refractivity contribution >= 4 is 11.7 Å². The molecule has 0 saturated carbocycles. The van der Waals surface area contributed by atoms with Gasteiger partial charge in [0.15, 0.2) is 0 Å². The number of rotatable bonds is 8. The highest BCUT2D eigenvalue weighted by atomic mass is 14.8. The first kappa shape index (κ1) is 22.3. The van der Waals surface area contributed by atoms with Gasteiger partial charge in [0.1, 0.15) is 11.7 Å². The Kier molecular flexibility index (Phi) is 7.60. The lowest BCUT2D eigenvalue weighted by Crippen LogP contribution is -2.15. The van der Waals surface area contributed by atoms with Gasteiger partial charge < -0.3 is 11.5 Å². The van der Waals surface area contributed by atoms with Crippen LogP contribution in [0.15, 0.2) is 76.7 Å². The molecule has 3 aromatic rings. The Bertz CT molecular complexity index is 1010. The summed E-state index contributed by atoms with van der Waals surface area (Å²) >= 11 is 0. The van der Waals surface area contributed by atoms with Crippen molar-refractivity contribution in [2.75, 3.05) is 14.1 Å². The van der Waals surface area contributed by atoms with Crippen LogP contribution < -0.4 is 11.5 Å². The zero-order chi connectivity index (χ0) is 22.2. The molecule has 0 aliphatic carbocycles. The molecule has 4 heteroatoms. The number of benzene rings is 3. The van der Waals surface area contributed by atoms with Crippen LogP contribution in [0.25, 0.3) is 0 Å². The second-order valence-electron chi connectivity index (χ2n) is 7.86. The van der Waals surface area contributed by atoms with E-state index in [1.54, 1.807) is 14.1 Å². The number of hydrogen-bond acceptors (Lipinski definition) is 2. The second-order valence-corrected chi connectivity index (χ2v) is 7.86. The summed E-state index contributed by atoms with van der Waals surface area (Å²) in [6, 6.07) is 23.4. The number of aliphatic imine (C=N–C) groups is 2. The first-order valence-corrected chi connectivity index (χ1v) is 10.7. The minimum Gasteiger partial charge on any atom is -0.384 e. The van der Waals surface area contributed by atoms with Crippen LogP contribution in [0.2, 0.25) is 0 Å². The van der Waals surface area contributed by atoms with Crippen molar-refractivity contribution in [3.05, 3.63) is 106 Å². The fraction of sp³-hybridized carbons (Fsp3) is 0.259. The van der Waals surface area contributed by atoms with Gasteiger partial charge in [-0.3, -0.25) is 9.98 Å². The van der Waals surface area contributed by atoms with Gasteiger partial charge in [-0.05, 0) is 54.9 Å². The summed E-state index contributed by atoms with van der Waals surface area (Å²) < 4.78 is 0. The molecule has 4 N–H and O–H groups in total. The summed E-state index contributed by atoms with van der Waals surface area (Å²) in [4.78, 5) is 8.32. The van der Waals surface area contributed by atoms with Crippen LogP contribution in [0, 0.1) is 6.92 Å². The third-order valence-electron chi connectivity index (χ3n) is 5.63. The molecule has 0 radical (unpaired) electrons. The minimum absolute atomic E-state index is 0.592. The van der Waals surface area contributed by atoms with Crippen molar-refractivity contribution in [1.29, 1.82) is 0 Å². The lowest BCUT2D eigenvalue weighted by molar-refractivity contribution is 0.924. The van der Waals surface area contributed by atoms with E-state index in [1.165, 1.54) is 27.8 Å². The maximum Gasteiger partial charge on any atom is 0.125 e. The van der Waals surface area contributed by atoms with E-state index in [0.29, 0.717) is 11.7 Å². The molecule has 0 aliphatic rings. The third-order valence-corrected chi connectivity index (χ3v) is 5.63. The van der Waals surface area contributed by atoms with E-state index in [-0.39, 0.29) is 0 Å². The normalized spacial score (nSPS) is 12.2. The van der Waals surface area contributed by atoms with Gasteiger partial charge in [0.25, 0.3) is 0 Å². The van der Waals surface area contributed by atoms with E-state index in [9.17, 15) is 0 Å². The molecular weight excluding hydrogens is 380 g/mol. The Hall–Kier alpha value is -3.40. The number of aryl methyl sites for hydroxylation is 5. The molecule has 160 valence electrons. The van der Waals surface area contributed by atoms with E-state index in [4.69, 9.17) is 11.5 Å². The smallest absolute Gasteiger partial charge is 0.125 e. The topological polar surface area (TPSA) is 76.8 Å². The molecule has 0 spiro atoms. The molecule has 0 heterocycles. The molecule has 0 aromatic heterocycles. The Balaban J connectivity index is 1.74. The molecule has 0 saturated heterocycles. The number of amidine groups is 2. The Labute approximate surface area is 185 Å². The van der Waals surface area contributed by atoms with E-state index in [1.807, 2.05) is 24.3 Å². The highest BCUT2D eigenvalue weighted by molar-refractivity contribution is 5.99. The molecule has 3 aromatic carbocycles. The largest absolute Gasteiger partial charge is 0.384 e. The van der Waals surface area contributed by atoms with Gasteiger partial charge in [0, 0.05) is 25.2 Å². The molecule has 0 aliphatic heterocycles. The first-order valence-electron chi connectivity index (χ1n) is 10.7. The molecule has 3 rings (SSSR count). The standard InChI is InChI=1S/C27H32N4/c1-19-16-20(12-14-22-8-4-6-10-24(22)26(28)30-2)18-21(17-19)13-15-23-9-5-7-11-25(23)27(29)31-3/h4-11,16-18H,12-15H2,1-3H3,(H2,28,30)(H2,29,31). The van der Waals surface area contributed by atoms with Crippen molar-refractivity contribution in [3.63, 3.8) is 0 Å². The van der Waals surface area contributed by atoms with Crippen molar-refractivity contribution < 1.29 is 0 Å². The van der Waals surface area contributed by atoms with Crippen LogP contribution in [0.1, 0.15) is 38.9 Å². The van der Waals surface area contributed by atoms with Crippen molar-refractivity contribution in [2.24, 2.45) is 21.5 Å². The van der Waals surface area contributed by atoms with E-state index in [0.717, 1.165) is 36.8 Å². The minimum atomic E-state index is 0.592. The molecule has 4 nitrogen and oxygen atoms in total. The highest BCUT2D eigenvalue weighted by Gasteiger charge is 2.08. The fourth-order valence-electron chi connectivity index (χ4n) is 4.01. The summed E-state index contributed by atoms with van der Waals surface area (Å²) in [5.74, 6) is 1.18. The SMILES string of the molecule is CN=C(N)c1ccccc1CCc1cc(C)cc(CCc2ccccc2C(N)=NC)c1. The quantitative estimate of drug-likeness (QED) is 0.429. The number of nitrogens with two attached hydrogens (primary N) is 2. The second kappa shape index (κ2) is 10.6. The molecule has 0 unspecified atom stereocenters. The molecule has 0 atom stereocenters. The summed E-state index contributed by atoms with van der Waals surface area (Å²) in [7, 11) is 3.47. The van der Waals surface area contributed by atoms with Crippen molar-refractivity contribution in [3.8, 4) is 0 Å². The first-order chi connectivity index (χ1) is 15.0. The van der Waals surface area contributed by atoms with Crippen LogP contribution in [-0.2, 0) is 25.7 Å². The number of hydrogen-bond donors (Lipinski definition) is 2. The van der Waals surface area contributed by atoms with E-state index >= 15 is 0 Å². The van der Waals surface area contributed by atoms with Gasteiger partial charge >= 0.3 is 0 Å². The summed E-state index contributed by atoms with van der Waals surface area (Å²) in [6.07, 6.45) is 3.80. The average Bonchev–Trinajstić information content (AvgIpc) is 2.80. The van der Waals surface area contributed by atoms with Crippen LogP contribution in [0.3, 0.4) is 0 Å². The lowest BCUT2D eigenvalue weighted by atomic mass is 9.94. The Morgan fingerprint density at radius 3 is 1.48 bits per heavy atom. The maximum atomic E-state index is 6.08. The van der Waals surface area contributed by atoms with Gasteiger partial charge in [-0.25, -0.2) is 0 Å². The van der Waals surface area contributed by atoms with Gasteiger partial charge in [0.05, 0.1) is 0 Å². The Morgan fingerprint density at radius 1 is 0.645 bits per heavy atom. The molecule has 0 fully saturated rings. The van der Waals surface area contributed by atoms with Crippen LogP contribution in [0.4, 0.5) is 0 Å². The van der Waals surface area contributed by atoms with Crippen molar-refractivity contribution in [1.82, 2.24) is 0 Å². The third kappa shape index (κ3) is 5.82. The Morgan fingerprint density at radius 2 is 1.06 bits per heavy atom. The van der Waals surface area contributed by atoms with Crippen LogP contribution in [-0.4, -0.2) is 25.8 Å². The maximum absolute atomic E-state index is 6.08. The van der Waals surface area contributed by atoms with Gasteiger partial charge in [-0.1, -0.05) is 72.3 Å². The van der Waals surface area contributed by atoms with E-state index < -0.39 is 0 Å². The highest BCUT2D eigenvalue weighted by Crippen LogP contribution is 2.18. The zero-order valence-electron chi connectivity index (χ0n) is 18.7. The van der Waals surface area contributed by atoms with E-state index in [2.05, 4.69) is 59.4 Å². The average molecular weight is 413 g/mol. The molecular formula is C27H32N4. The molecule has 0 bridgehead atoms. The van der Waals surface area contributed by atoms with Crippen LogP contribution >= 0.6 is 0 Å². The van der Waals surface area contributed by atoms with Gasteiger partial charge in [-0.15, -0.1) is 0 Å². The van der Waals surface area contributed by atoms with Crippen LogP contribution in [0.5, 0.6) is 0 Å². The predicted octanol–water partition coefficient (Wildman–Crippen LogP) is 4.24. The van der Waals surface area contributed by atoms with Gasteiger partial charge in [0.2, 0.25) is 0 Å². The zero-order valence-corrected chi connectivity index (χ0v) is 18.7. The fourth-order valence-corrected chi connectivity index (χ4v) is 4.01. The monoisotopic (exact) mass is 412 g/mol. The lowest BCUT2D eigenvalue weighted by Gasteiger charge is -2.12. The predicted molar refractivity (Wildman–Crippen MR) is 132 cm³/mol. The molecule has 0 amide bonds. The number of nitrogens with zero attached hydrogens (tertiary/aromatic N) is 2. The van der Waals surface area contributed by atoms with Crippen molar-refractivity contribution in [2.45, 2.75) is 32.6 Å². The summed E-state index contributed by atoms with van der Waals surface area (Å²) in [5.41, 5.74) is 20.7.